The summed E-state index contributed by atoms with van der Waals surface area (Å²) in [6.07, 6.45) is 4.45. The topological polar surface area (TPSA) is 59.8 Å². The molecule has 1 amide bonds. The van der Waals surface area contributed by atoms with Crippen LogP contribution in [-0.2, 0) is 24.3 Å². The maximum absolute atomic E-state index is 12.8. The van der Waals surface area contributed by atoms with Crippen molar-refractivity contribution in [1.29, 1.82) is 0 Å². The van der Waals surface area contributed by atoms with Gasteiger partial charge >= 0.3 is 0 Å². The summed E-state index contributed by atoms with van der Waals surface area (Å²) in [7, 11) is 0. The standard InChI is InChI=1S/C16H19FN4OS/c17-12-5-7-13(8-6-12)23-11-16(22)18-10-15-20-19-14-4-2-1-3-9-21(14)15/h5-8H,1-4,9-11H2,(H,18,22). The molecule has 1 aliphatic heterocycles. The Hall–Kier alpha value is -1.89. The number of halogens is 1. The molecule has 2 aromatic rings. The van der Waals surface area contributed by atoms with Crippen molar-refractivity contribution in [1.82, 2.24) is 20.1 Å². The van der Waals surface area contributed by atoms with Gasteiger partial charge in [-0.05, 0) is 37.1 Å². The summed E-state index contributed by atoms with van der Waals surface area (Å²) in [6, 6.07) is 6.13. The number of nitrogens with one attached hydrogen (secondary N) is 1. The van der Waals surface area contributed by atoms with Gasteiger partial charge in [-0.25, -0.2) is 4.39 Å². The second kappa shape index (κ2) is 7.59. The molecule has 1 aromatic heterocycles. The van der Waals surface area contributed by atoms with Crippen LogP contribution in [0.3, 0.4) is 0 Å². The number of hydrogen-bond acceptors (Lipinski definition) is 4. The summed E-state index contributed by atoms with van der Waals surface area (Å²) in [5.41, 5.74) is 0. The second-order valence-corrected chi connectivity index (χ2v) is 6.56. The minimum atomic E-state index is -0.272. The quantitative estimate of drug-likeness (QED) is 0.854. The second-order valence-electron chi connectivity index (χ2n) is 5.51. The minimum absolute atomic E-state index is 0.0645. The Balaban J connectivity index is 1.49. The van der Waals surface area contributed by atoms with Gasteiger partial charge in [0.15, 0.2) is 5.82 Å². The molecule has 0 atom stereocenters. The number of amides is 1. The zero-order valence-electron chi connectivity index (χ0n) is 12.8. The monoisotopic (exact) mass is 334 g/mol. The number of rotatable bonds is 5. The Morgan fingerprint density at radius 1 is 1.22 bits per heavy atom. The van der Waals surface area contributed by atoms with Crippen molar-refractivity contribution in [3.63, 3.8) is 0 Å². The molecule has 23 heavy (non-hydrogen) atoms. The number of hydrogen-bond donors (Lipinski definition) is 1. The van der Waals surface area contributed by atoms with Crippen LogP contribution >= 0.6 is 11.8 Å². The molecule has 1 aromatic carbocycles. The fourth-order valence-corrected chi connectivity index (χ4v) is 3.31. The third-order valence-corrected chi connectivity index (χ3v) is 4.83. The van der Waals surface area contributed by atoms with E-state index in [0.717, 1.165) is 42.4 Å². The Labute approximate surface area is 138 Å². The number of carbonyl (C=O) groups is 1. The fraction of sp³-hybridized carbons (Fsp3) is 0.438. The molecule has 0 fully saturated rings. The third-order valence-electron chi connectivity index (χ3n) is 3.81. The van der Waals surface area contributed by atoms with Gasteiger partial charge in [0.05, 0.1) is 12.3 Å². The van der Waals surface area contributed by atoms with Gasteiger partial charge in [0.25, 0.3) is 0 Å². The molecule has 0 unspecified atom stereocenters. The van der Waals surface area contributed by atoms with Gasteiger partial charge in [-0.1, -0.05) is 6.42 Å². The lowest BCUT2D eigenvalue weighted by atomic mass is 10.2. The van der Waals surface area contributed by atoms with Gasteiger partial charge < -0.3 is 9.88 Å². The van der Waals surface area contributed by atoms with Crippen LogP contribution in [0.15, 0.2) is 29.2 Å². The molecule has 0 saturated heterocycles. The highest BCUT2D eigenvalue weighted by atomic mass is 32.2. The number of nitrogens with zero attached hydrogens (tertiary/aromatic N) is 3. The number of aromatic nitrogens is 3. The van der Waals surface area contributed by atoms with Crippen LogP contribution in [0.5, 0.6) is 0 Å². The zero-order chi connectivity index (χ0) is 16.1. The molecule has 7 heteroatoms. The molecule has 1 N–H and O–H groups in total. The average Bonchev–Trinajstić information content (AvgIpc) is 2.79. The first-order chi connectivity index (χ1) is 11.2. The number of carbonyl (C=O) groups excluding carboxylic acids is 1. The van der Waals surface area contributed by atoms with E-state index in [1.54, 1.807) is 12.1 Å². The van der Waals surface area contributed by atoms with E-state index in [2.05, 4.69) is 20.1 Å². The van der Waals surface area contributed by atoms with Crippen molar-refractivity contribution in [2.24, 2.45) is 0 Å². The number of aryl methyl sites for hydroxylation is 1. The Morgan fingerprint density at radius 2 is 2.04 bits per heavy atom. The molecule has 0 bridgehead atoms. The van der Waals surface area contributed by atoms with Crippen LogP contribution in [0.2, 0.25) is 0 Å². The van der Waals surface area contributed by atoms with E-state index < -0.39 is 0 Å². The molecule has 122 valence electrons. The summed E-state index contributed by atoms with van der Waals surface area (Å²) in [4.78, 5) is 12.8. The lowest BCUT2D eigenvalue weighted by Crippen LogP contribution is -2.26. The molecule has 0 aliphatic carbocycles. The van der Waals surface area contributed by atoms with E-state index in [1.165, 1.54) is 30.3 Å². The smallest absolute Gasteiger partial charge is 0.230 e. The molecule has 0 saturated carbocycles. The summed E-state index contributed by atoms with van der Waals surface area (Å²) < 4.78 is 15.0. The Bertz CT molecular complexity index is 671. The van der Waals surface area contributed by atoms with Crippen molar-refractivity contribution in [3.8, 4) is 0 Å². The summed E-state index contributed by atoms with van der Waals surface area (Å²) in [6.45, 7) is 1.33. The highest BCUT2D eigenvalue weighted by Crippen LogP contribution is 2.18. The molecule has 0 radical (unpaired) electrons. The van der Waals surface area contributed by atoms with Crippen molar-refractivity contribution < 1.29 is 9.18 Å². The van der Waals surface area contributed by atoms with E-state index in [-0.39, 0.29) is 11.7 Å². The lowest BCUT2D eigenvalue weighted by Gasteiger charge is -2.08. The highest BCUT2D eigenvalue weighted by Gasteiger charge is 2.15. The summed E-state index contributed by atoms with van der Waals surface area (Å²) >= 11 is 1.39. The first kappa shape index (κ1) is 16.0. The fourth-order valence-electron chi connectivity index (χ4n) is 2.58. The van der Waals surface area contributed by atoms with Gasteiger partial charge in [-0.3, -0.25) is 4.79 Å². The normalized spacial score (nSPS) is 14.1. The summed E-state index contributed by atoms with van der Waals surface area (Å²) in [5, 5.41) is 11.3. The Morgan fingerprint density at radius 3 is 2.87 bits per heavy atom. The lowest BCUT2D eigenvalue weighted by molar-refractivity contribution is -0.118. The van der Waals surface area contributed by atoms with Gasteiger partial charge in [0, 0.05) is 17.9 Å². The van der Waals surface area contributed by atoms with Crippen molar-refractivity contribution in [2.45, 2.75) is 43.7 Å². The van der Waals surface area contributed by atoms with E-state index in [0.29, 0.717) is 12.3 Å². The van der Waals surface area contributed by atoms with Crippen molar-refractivity contribution >= 4 is 17.7 Å². The molecular formula is C16H19FN4OS. The number of fused-ring (bicyclic) bond motifs is 1. The molecule has 5 nitrogen and oxygen atoms in total. The van der Waals surface area contributed by atoms with E-state index in [9.17, 15) is 9.18 Å². The number of benzene rings is 1. The van der Waals surface area contributed by atoms with Crippen molar-refractivity contribution in [3.05, 3.63) is 41.7 Å². The largest absolute Gasteiger partial charge is 0.348 e. The summed E-state index contributed by atoms with van der Waals surface area (Å²) in [5.74, 6) is 1.80. The SMILES string of the molecule is O=C(CSc1ccc(F)cc1)NCc1nnc2n1CCCCC2. The average molecular weight is 334 g/mol. The Kier molecular flexibility index (Phi) is 5.27. The van der Waals surface area contributed by atoms with Crippen LogP contribution in [0.1, 0.15) is 30.9 Å². The highest BCUT2D eigenvalue weighted by molar-refractivity contribution is 8.00. The third kappa shape index (κ3) is 4.31. The first-order valence-corrected chi connectivity index (χ1v) is 8.77. The first-order valence-electron chi connectivity index (χ1n) is 7.78. The maximum atomic E-state index is 12.8. The van der Waals surface area contributed by atoms with E-state index in [1.807, 2.05) is 0 Å². The minimum Gasteiger partial charge on any atom is -0.348 e. The molecule has 1 aliphatic rings. The van der Waals surface area contributed by atoms with Gasteiger partial charge in [0.2, 0.25) is 5.91 Å². The zero-order valence-corrected chi connectivity index (χ0v) is 13.6. The van der Waals surface area contributed by atoms with Crippen LogP contribution < -0.4 is 5.32 Å². The van der Waals surface area contributed by atoms with Gasteiger partial charge in [-0.15, -0.1) is 22.0 Å². The van der Waals surface area contributed by atoms with Crippen LogP contribution in [0.25, 0.3) is 0 Å². The predicted octanol–water partition coefficient (Wildman–Crippen LogP) is 2.55. The molecule has 0 spiro atoms. The van der Waals surface area contributed by atoms with Crippen molar-refractivity contribution in [2.75, 3.05) is 5.75 Å². The van der Waals surface area contributed by atoms with Crippen LogP contribution in [-0.4, -0.2) is 26.4 Å². The van der Waals surface area contributed by atoms with Crippen LogP contribution in [0.4, 0.5) is 4.39 Å². The predicted molar refractivity (Wildman–Crippen MR) is 86.5 cm³/mol. The molecule has 2 heterocycles. The van der Waals surface area contributed by atoms with Gasteiger partial charge in [0.1, 0.15) is 11.6 Å². The van der Waals surface area contributed by atoms with Crippen LogP contribution in [0, 0.1) is 5.82 Å². The number of thioether (sulfide) groups is 1. The molecular weight excluding hydrogens is 315 g/mol. The van der Waals surface area contributed by atoms with E-state index in [4.69, 9.17) is 0 Å². The van der Waals surface area contributed by atoms with Gasteiger partial charge in [-0.2, -0.15) is 0 Å². The molecule has 3 rings (SSSR count). The van der Waals surface area contributed by atoms with E-state index >= 15 is 0 Å². The maximum Gasteiger partial charge on any atom is 0.230 e.